The molecule has 1 aromatic heterocycles. The van der Waals surface area contributed by atoms with E-state index in [9.17, 15) is 9.59 Å². The minimum Gasteiger partial charge on any atom is -0.444 e. The molecule has 3 aliphatic rings. The maximum absolute atomic E-state index is 13.3. The number of aromatic nitrogens is 2. The third-order valence-electron chi connectivity index (χ3n) is 7.32. The van der Waals surface area contributed by atoms with Gasteiger partial charge in [0.25, 0.3) is 0 Å². The molecule has 3 saturated heterocycles. The highest BCUT2D eigenvalue weighted by atomic mass is 32.2. The molecule has 1 N–H and O–H groups in total. The molecule has 0 bridgehead atoms. The SMILES string of the molecule is CC(C)(C)OC(=O)N1C[C@@H](N2CCC(c3nc4cc(C#N)ccc4[nH]3)CC2)C[C@H]1C(=O)N1CCSC1. The zero-order valence-electron chi connectivity index (χ0n) is 21.2. The summed E-state index contributed by atoms with van der Waals surface area (Å²) in [7, 11) is 0. The maximum Gasteiger partial charge on any atom is 0.411 e. The van der Waals surface area contributed by atoms with E-state index in [2.05, 4.69) is 16.0 Å². The molecule has 3 aliphatic heterocycles. The lowest BCUT2D eigenvalue weighted by molar-refractivity contribution is -0.134. The first-order chi connectivity index (χ1) is 17.2. The first-order valence-electron chi connectivity index (χ1n) is 12.7. The van der Waals surface area contributed by atoms with Crippen LogP contribution in [0.15, 0.2) is 18.2 Å². The molecule has 5 rings (SSSR count). The van der Waals surface area contributed by atoms with E-state index in [0.29, 0.717) is 30.3 Å². The Morgan fingerprint density at radius 3 is 2.67 bits per heavy atom. The molecule has 4 heterocycles. The van der Waals surface area contributed by atoms with Crippen molar-refractivity contribution in [2.24, 2.45) is 0 Å². The molecule has 0 aliphatic carbocycles. The Morgan fingerprint density at radius 2 is 2.00 bits per heavy atom. The molecular formula is C26H34N6O3S. The summed E-state index contributed by atoms with van der Waals surface area (Å²) in [6.07, 6.45) is 2.15. The number of nitriles is 1. The number of ether oxygens (including phenoxy) is 1. The van der Waals surface area contributed by atoms with E-state index < -0.39 is 17.7 Å². The molecule has 192 valence electrons. The monoisotopic (exact) mass is 510 g/mol. The van der Waals surface area contributed by atoms with Crippen molar-refractivity contribution in [3.8, 4) is 6.07 Å². The molecule has 3 fully saturated rings. The number of likely N-dealkylation sites (tertiary alicyclic amines) is 2. The van der Waals surface area contributed by atoms with Gasteiger partial charge in [-0.1, -0.05) is 0 Å². The lowest BCUT2D eigenvalue weighted by Crippen LogP contribution is -2.48. The number of H-pyrrole nitrogens is 1. The summed E-state index contributed by atoms with van der Waals surface area (Å²) in [6.45, 7) is 8.60. The normalized spacial score (nSPS) is 23.8. The van der Waals surface area contributed by atoms with Gasteiger partial charge >= 0.3 is 6.09 Å². The molecule has 10 heteroatoms. The largest absolute Gasteiger partial charge is 0.444 e. The zero-order valence-corrected chi connectivity index (χ0v) is 22.0. The van der Waals surface area contributed by atoms with Gasteiger partial charge in [0.15, 0.2) is 0 Å². The van der Waals surface area contributed by atoms with Crippen LogP contribution >= 0.6 is 11.8 Å². The molecular weight excluding hydrogens is 476 g/mol. The lowest BCUT2D eigenvalue weighted by atomic mass is 9.94. The van der Waals surface area contributed by atoms with Crippen LogP contribution in [0.1, 0.15) is 57.3 Å². The minimum absolute atomic E-state index is 0.0438. The number of thioether (sulfide) groups is 1. The number of aromatic amines is 1. The van der Waals surface area contributed by atoms with Crippen LogP contribution in [-0.2, 0) is 9.53 Å². The second-order valence-corrected chi connectivity index (χ2v) is 12.0. The number of benzene rings is 1. The first-order valence-corrected chi connectivity index (χ1v) is 13.9. The second kappa shape index (κ2) is 9.94. The zero-order chi connectivity index (χ0) is 25.4. The maximum atomic E-state index is 13.3. The summed E-state index contributed by atoms with van der Waals surface area (Å²) in [5.74, 6) is 2.98. The van der Waals surface area contributed by atoms with Crippen LogP contribution < -0.4 is 0 Å². The van der Waals surface area contributed by atoms with Crippen LogP contribution in [0.3, 0.4) is 0 Å². The number of carbonyl (C=O) groups excluding carboxylic acids is 2. The van der Waals surface area contributed by atoms with Crippen molar-refractivity contribution in [2.45, 2.75) is 63.6 Å². The minimum atomic E-state index is -0.606. The average Bonchev–Trinajstić information content (AvgIpc) is 3.61. The second-order valence-electron chi connectivity index (χ2n) is 11.0. The Bertz CT molecular complexity index is 1170. The van der Waals surface area contributed by atoms with Gasteiger partial charge in [-0.3, -0.25) is 14.6 Å². The van der Waals surface area contributed by atoms with E-state index in [-0.39, 0.29) is 11.9 Å². The summed E-state index contributed by atoms with van der Waals surface area (Å²) in [4.78, 5) is 40.6. The van der Waals surface area contributed by atoms with Gasteiger partial charge in [-0.05, 0) is 71.3 Å². The molecule has 1 aromatic carbocycles. The van der Waals surface area contributed by atoms with Gasteiger partial charge in [0.05, 0.1) is 28.5 Å². The summed E-state index contributed by atoms with van der Waals surface area (Å²) < 4.78 is 5.68. The number of hydrogen-bond donors (Lipinski definition) is 1. The topological polar surface area (TPSA) is 106 Å². The van der Waals surface area contributed by atoms with Crippen molar-refractivity contribution >= 4 is 34.8 Å². The van der Waals surface area contributed by atoms with E-state index >= 15 is 0 Å². The molecule has 9 nitrogen and oxygen atoms in total. The number of rotatable bonds is 3. The summed E-state index contributed by atoms with van der Waals surface area (Å²) in [6, 6.07) is 7.39. The van der Waals surface area contributed by atoms with Crippen LogP contribution in [0.2, 0.25) is 0 Å². The van der Waals surface area contributed by atoms with Crippen molar-refractivity contribution in [3.63, 3.8) is 0 Å². The summed E-state index contributed by atoms with van der Waals surface area (Å²) >= 11 is 1.75. The molecule has 0 spiro atoms. The number of nitrogens with one attached hydrogen (secondary N) is 1. The Hall–Kier alpha value is -2.77. The molecule has 0 unspecified atom stereocenters. The summed E-state index contributed by atoms with van der Waals surface area (Å²) in [5, 5.41) is 9.16. The van der Waals surface area contributed by atoms with Crippen molar-refractivity contribution in [3.05, 3.63) is 29.6 Å². The van der Waals surface area contributed by atoms with Crippen molar-refractivity contribution in [2.75, 3.05) is 37.8 Å². The number of imidazole rings is 1. The highest BCUT2D eigenvalue weighted by molar-refractivity contribution is 7.99. The van der Waals surface area contributed by atoms with Crippen LogP contribution in [-0.4, -0.2) is 92.2 Å². The van der Waals surface area contributed by atoms with Gasteiger partial charge in [-0.25, -0.2) is 9.78 Å². The quantitative estimate of drug-likeness (QED) is 0.673. The number of carbonyl (C=O) groups is 2. The third kappa shape index (κ3) is 5.18. The first kappa shape index (κ1) is 24.9. The van der Waals surface area contributed by atoms with Gasteiger partial charge in [0.2, 0.25) is 5.91 Å². The Morgan fingerprint density at radius 1 is 1.22 bits per heavy atom. The average molecular weight is 511 g/mol. The highest BCUT2D eigenvalue weighted by Gasteiger charge is 2.45. The van der Waals surface area contributed by atoms with Crippen molar-refractivity contribution in [1.29, 1.82) is 5.26 Å². The van der Waals surface area contributed by atoms with Gasteiger partial charge in [-0.15, -0.1) is 11.8 Å². The third-order valence-corrected chi connectivity index (χ3v) is 8.29. The van der Waals surface area contributed by atoms with Crippen LogP contribution in [0.4, 0.5) is 4.79 Å². The van der Waals surface area contributed by atoms with Crippen LogP contribution in [0.5, 0.6) is 0 Å². The predicted octanol–water partition coefficient (Wildman–Crippen LogP) is 3.52. The Kier molecular flexibility index (Phi) is 6.88. The summed E-state index contributed by atoms with van der Waals surface area (Å²) in [5.41, 5.74) is 1.79. The number of hydrogen-bond acceptors (Lipinski definition) is 7. The molecule has 2 aromatic rings. The molecule has 0 radical (unpaired) electrons. The number of amides is 2. The fourth-order valence-electron chi connectivity index (χ4n) is 5.46. The van der Waals surface area contributed by atoms with Gasteiger partial charge in [0.1, 0.15) is 17.5 Å². The molecule has 0 saturated carbocycles. The Balaban J connectivity index is 1.26. The fraction of sp³-hybridized carbons (Fsp3) is 0.615. The number of nitrogens with zero attached hydrogens (tertiary/aromatic N) is 5. The number of piperidine rings is 1. The highest BCUT2D eigenvalue weighted by Crippen LogP contribution is 2.33. The van der Waals surface area contributed by atoms with E-state index in [0.717, 1.165) is 55.1 Å². The Labute approximate surface area is 216 Å². The van der Waals surface area contributed by atoms with Crippen molar-refractivity contribution in [1.82, 2.24) is 24.7 Å². The number of fused-ring (bicyclic) bond motifs is 1. The van der Waals surface area contributed by atoms with E-state index in [1.165, 1.54) is 0 Å². The standard InChI is InChI=1S/C26H34N6O3S/c1-26(2,3)35-25(34)32-15-19(13-22(32)24(33)31-10-11-36-16-31)30-8-6-18(7-9-30)23-28-20-5-4-17(14-27)12-21(20)29-23/h4-5,12,18-19,22H,6-11,13,15-16H2,1-3H3,(H,28,29)/t19-,22-/m0/s1. The molecule has 36 heavy (non-hydrogen) atoms. The van der Waals surface area contributed by atoms with Crippen molar-refractivity contribution < 1.29 is 14.3 Å². The smallest absolute Gasteiger partial charge is 0.411 e. The molecule has 2 atom stereocenters. The van der Waals surface area contributed by atoms with E-state index in [1.807, 2.05) is 43.9 Å². The predicted molar refractivity (Wildman–Crippen MR) is 139 cm³/mol. The van der Waals surface area contributed by atoms with Gasteiger partial charge in [0, 0.05) is 30.8 Å². The van der Waals surface area contributed by atoms with Gasteiger partial charge < -0.3 is 14.6 Å². The van der Waals surface area contributed by atoms with Gasteiger partial charge in [-0.2, -0.15) is 5.26 Å². The van der Waals surface area contributed by atoms with Crippen LogP contribution in [0.25, 0.3) is 11.0 Å². The lowest BCUT2D eigenvalue weighted by Gasteiger charge is -2.35. The van der Waals surface area contributed by atoms with E-state index in [1.54, 1.807) is 16.7 Å². The fourth-order valence-corrected chi connectivity index (χ4v) is 6.42. The molecule has 2 amide bonds. The van der Waals surface area contributed by atoms with E-state index in [4.69, 9.17) is 15.0 Å². The van der Waals surface area contributed by atoms with Crippen LogP contribution in [0, 0.1) is 11.3 Å².